The molecule has 0 saturated heterocycles. The highest BCUT2D eigenvalue weighted by atomic mass is 16.2. The molecular weight excluding hydrogens is 356 g/mol. The summed E-state index contributed by atoms with van der Waals surface area (Å²) in [6.07, 6.45) is 0.355. The number of carbonyl (C=O) groups excluding carboxylic acids is 3. The Morgan fingerprint density at radius 2 is 1.68 bits per heavy atom. The maximum Gasteiger partial charge on any atom is 0.312 e. The van der Waals surface area contributed by atoms with Crippen molar-refractivity contribution < 1.29 is 14.4 Å². The largest absolute Gasteiger partial charge is 0.352 e. The molecule has 148 valence electrons. The Bertz CT molecular complexity index is 847. The van der Waals surface area contributed by atoms with Crippen LogP contribution in [0.2, 0.25) is 0 Å². The van der Waals surface area contributed by atoms with Gasteiger partial charge >= 0.3 is 6.03 Å². The van der Waals surface area contributed by atoms with Crippen LogP contribution in [0.25, 0.3) is 0 Å². The van der Waals surface area contributed by atoms with Crippen molar-refractivity contribution in [2.75, 3.05) is 19.4 Å². The van der Waals surface area contributed by atoms with E-state index in [1.165, 1.54) is 4.90 Å². The topological polar surface area (TPSA) is 105 Å². The van der Waals surface area contributed by atoms with Crippen molar-refractivity contribution in [1.29, 1.82) is 0 Å². The standard InChI is InChI=1S/C21H26N4O3/c1-14-6-4-5-7-17(14)18(24-21(22)28)13-19(26)23-16-10-8-15(9-11-16)12-20(27)25(2)3/h4-11,18H,12-13H2,1-3H3,(H,23,26)(H3,22,24,28). The second-order valence-electron chi connectivity index (χ2n) is 6.83. The summed E-state index contributed by atoms with van der Waals surface area (Å²) in [7, 11) is 3.42. The lowest BCUT2D eigenvalue weighted by Gasteiger charge is -2.19. The van der Waals surface area contributed by atoms with Crippen molar-refractivity contribution >= 4 is 23.5 Å². The molecule has 28 heavy (non-hydrogen) atoms. The summed E-state index contributed by atoms with van der Waals surface area (Å²) in [5.41, 5.74) is 8.56. The molecule has 0 aromatic heterocycles. The van der Waals surface area contributed by atoms with Crippen LogP contribution < -0.4 is 16.4 Å². The summed E-state index contributed by atoms with van der Waals surface area (Å²) in [4.78, 5) is 37.1. The number of amides is 4. The molecular formula is C21H26N4O3. The molecule has 0 heterocycles. The molecule has 1 atom stereocenters. The second-order valence-corrected chi connectivity index (χ2v) is 6.83. The number of urea groups is 1. The van der Waals surface area contributed by atoms with E-state index in [0.717, 1.165) is 16.7 Å². The molecule has 0 spiro atoms. The van der Waals surface area contributed by atoms with Crippen molar-refractivity contribution in [3.05, 3.63) is 65.2 Å². The van der Waals surface area contributed by atoms with Gasteiger partial charge in [-0.25, -0.2) is 4.79 Å². The number of hydrogen-bond acceptors (Lipinski definition) is 3. The van der Waals surface area contributed by atoms with Gasteiger partial charge < -0.3 is 21.3 Å². The average molecular weight is 382 g/mol. The molecule has 0 aliphatic heterocycles. The molecule has 0 bridgehead atoms. The van der Waals surface area contributed by atoms with E-state index in [4.69, 9.17) is 5.73 Å². The number of nitrogens with zero attached hydrogens (tertiary/aromatic N) is 1. The molecule has 1 unspecified atom stereocenters. The zero-order valence-corrected chi connectivity index (χ0v) is 16.4. The fourth-order valence-electron chi connectivity index (χ4n) is 2.82. The first-order chi connectivity index (χ1) is 13.3. The molecule has 0 saturated carbocycles. The molecule has 4 N–H and O–H groups in total. The first-order valence-corrected chi connectivity index (χ1v) is 8.96. The van der Waals surface area contributed by atoms with Crippen LogP contribution in [0.4, 0.5) is 10.5 Å². The summed E-state index contributed by atoms with van der Waals surface area (Å²) in [6, 6.07) is 13.4. The predicted octanol–water partition coefficient (Wildman–Crippen LogP) is 2.36. The van der Waals surface area contributed by atoms with Gasteiger partial charge in [0.05, 0.1) is 18.9 Å². The lowest BCUT2D eigenvalue weighted by molar-refractivity contribution is -0.128. The highest BCUT2D eigenvalue weighted by Gasteiger charge is 2.19. The molecule has 2 aromatic carbocycles. The number of nitrogens with two attached hydrogens (primary N) is 1. The number of carbonyl (C=O) groups is 3. The van der Waals surface area contributed by atoms with Gasteiger partial charge in [0.1, 0.15) is 0 Å². The van der Waals surface area contributed by atoms with Gasteiger partial charge in [0.15, 0.2) is 0 Å². The Morgan fingerprint density at radius 3 is 2.25 bits per heavy atom. The number of benzene rings is 2. The van der Waals surface area contributed by atoms with Crippen molar-refractivity contribution in [3.63, 3.8) is 0 Å². The van der Waals surface area contributed by atoms with Gasteiger partial charge in [0.25, 0.3) is 0 Å². The third-order valence-electron chi connectivity index (χ3n) is 4.36. The smallest absolute Gasteiger partial charge is 0.312 e. The van der Waals surface area contributed by atoms with Gasteiger partial charge in [-0.15, -0.1) is 0 Å². The van der Waals surface area contributed by atoms with Gasteiger partial charge in [0, 0.05) is 19.8 Å². The molecule has 7 heteroatoms. The minimum Gasteiger partial charge on any atom is -0.352 e. The Kier molecular flexibility index (Phi) is 7.14. The second kappa shape index (κ2) is 9.55. The SMILES string of the molecule is Cc1ccccc1C(CC(=O)Nc1ccc(CC(=O)N(C)C)cc1)NC(N)=O. The fraction of sp³-hybridized carbons (Fsp3) is 0.286. The number of aryl methyl sites for hydroxylation is 1. The summed E-state index contributed by atoms with van der Waals surface area (Å²) < 4.78 is 0. The van der Waals surface area contributed by atoms with E-state index in [9.17, 15) is 14.4 Å². The third-order valence-corrected chi connectivity index (χ3v) is 4.36. The molecule has 4 amide bonds. The van der Waals surface area contributed by atoms with Crippen LogP contribution in [0.1, 0.15) is 29.2 Å². The summed E-state index contributed by atoms with van der Waals surface area (Å²) in [5, 5.41) is 5.44. The molecule has 0 aliphatic rings. The van der Waals surface area contributed by atoms with Gasteiger partial charge in [-0.1, -0.05) is 36.4 Å². The first kappa shape index (κ1) is 21.0. The van der Waals surface area contributed by atoms with Crippen LogP contribution in [0, 0.1) is 6.92 Å². The first-order valence-electron chi connectivity index (χ1n) is 8.96. The summed E-state index contributed by atoms with van der Waals surface area (Å²) >= 11 is 0. The van der Waals surface area contributed by atoms with E-state index in [1.807, 2.05) is 31.2 Å². The molecule has 2 rings (SSSR count). The van der Waals surface area contributed by atoms with Gasteiger partial charge in [0.2, 0.25) is 11.8 Å². The van der Waals surface area contributed by atoms with E-state index in [0.29, 0.717) is 12.1 Å². The lowest BCUT2D eigenvalue weighted by Crippen LogP contribution is -2.35. The van der Waals surface area contributed by atoms with E-state index >= 15 is 0 Å². The molecule has 0 radical (unpaired) electrons. The zero-order chi connectivity index (χ0) is 20.7. The monoisotopic (exact) mass is 382 g/mol. The van der Waals surface area contributed by atoms with Crippen molar-refractivity contribution in [2.24, 2.45) is 5.73 Å². The van der Waals surface area contributed by atoms with Crippen molar-refractivity contribution in [2.45, 2.75) is 25.8 Å². The summed E-state index contributed by atoms with van der Waals surface area (Å²) in [5.74, 6) is -0.241. The van der Waals surface area contributed by atoms with E-state index in [2.05, 4.69) is 10.6 Å². The Balaban J connectivity index is 2.03. The number of nitrogens with one attached hydrogen (secondary N) is 2. The number of rotatable bonds is 7. The summed E-state index contributed by atoms with van der Waals surface area (Å²) in [6.45, 7) is 1.91. The maximum absolute atomic E-state index is 12.5. The molecule has 7 nitrogen and oxygen atoms in total. The fourth-order valence-corrected chi connectivity index (χ4v) is 2.82. The maximum atomic E-state index is 12.5. The molecule has 2 aromatic rings. The van der Waals surface area contributed by atoms with Crippen LogP contribution in [-0.4, -0.2) is 36.8 Å². The number of primary amides is 1. The van der Waals surface area contributed by atoms with Crippen LogP contribution >= 0.6 is 0 Å². The van der Waals surface area contributed by atoms with Crippen LogP contribution in [0.3, 0.4) is 0 Å². The Labute approximate surface area is 164 Å². The van der Waals surface area contributed by atoms with Gasteiger partial charge in [-0.3, -0.25) is 9.59 Å². The minimum absolute atomic E-state index is 0.00962. The highest BCUT2D eigenvalue weighted by molar-refractivity contribution is 5.91. The number of likely N-dealkylation sites (N-methyl/N-ethyl adjacent to an activating group) is 1. The van der Waals surface area contributed by atoms with E-state index in [-0.39, 0.29) is 18.2 Å². The van der Waals surface area contributed by atoms with Crippen molar-refractivity contribution in [3.8, 4) is 0 Å². The Morgan fingerprint density at radius 1 is 1.04 bits per heavy atom. The normalized spacial score (nSPS) is 11.4. The molecule has 0 aliphatic carbocycles. The van der Waals surface area contributed by atoms with Crippen molar-refractivity contribution in [1.82, 2.24) is 10.2 Å². The Hall–Kier alpha value is -3.35. The average Bonchev–Trinajstić information content (AvgIpc) is 2.62. The number of hydrogen-bond donors (Lipinski definition) is 3. The van der Waals surface area contributed by atoms with Gasteiger partial charge in [-0.05, 0) is 35.7 Å². The third kappa shape index (κ3) is 6.12. The quantitative estimate of drug-likeness (QED) is 0.685. The van der Waals surface area contributed by atoms with Gasteiger partial charge in [-0.2, -0.15) is 0 Å². The van der Waals surface area contributed by atoms with E-state index in [1.54, 1.807) is 38.4 Å². The minimum atomic E-state index is -0.684. The van der Waals surface area contributed by atoms with E-state index < -0.39 is 12.1 Å². The van der Waals surface area contributed by atoms with Crippen LogP contribution in [-0.2, 0) is 16.0 Å². The highest BCUT2D eigenvalue weighted by Crippen LogP contribution is 2.21. The zero-order valence-electron chi connectivity index (χ0n) is 16.4. The van der Waals surface area contributed by atoms with Crippen LogP contribution in [0.15, 0.2) is 48.5 Å². The number of anilines is 1. The lowest BCUT2D eigenvalue weighted by atomic mass is 9.98. The predicted molar refractivity (Wildman–Crippen MR) is 109 cm³/mol. The molecule has 0 fully saturated rings. The van der Waals surface area contributed by atoms with Crippen LogP contribution in [0.5, 0.6) is 0 Å².